The molecule has 1 saturated heterocycles. The maximum atomic E-state index is 12.1. The van der Waals surface area contributed by atoms with Gasteiger partial charge in [-0.3, -0.25) is 10.1 Å². The summed E-state index contributed by atoms with van der Waals surface area (Å²) in [7, 11) is 1.54. The zero-order valence-corrected chi connectivity index (χ0v) is 11.4. The molecule has 2 rings (SSSR count). The van der Waals surface area contributed by atoms with Crippen LogP contribution in [0.5, 0.6) is 5.88 Å². The first kappa shape index (κ1) is 13.7. The molecule has 2 N–H and O–H groups in total. The Morgan fingerprint density at radius 2 is 2.26 bits per heavy atom. The third-order valence-electron chi connectivity index (χ3n) is 3.15. The topological polar surface area (TPSA) is 76.1 Å². The zero-order valence-electron chi connectivity index (χ0n) is 11.4. The summed E-state index contributed by atoms with van der Waals surface area (Å²) in [6, 6.07) is 1.57. The quantitative estimate of drug-likeness (QED) is 0.859. The first-order chi connectivity index (χ1) is 9.19. The number of methoxy groups -OCH3 is 1. The third kappa shape index (κ3) is 3.89. The predicted molar refractivity (Wildman–Crippen MR) is 72.2 cm³/mol. The largest absolute Gasteiger partial charge is 0.481 e. The molecule has 0 aromatic carbocycles. The first-order valence-electron chi connectivity index (χ1n) is 6.63. The summed E-state index contributed by atoms with van der Waals surface area (Å²) < 4.78 is 5.06. The first-order valence-corrected chi connectivity index (χ1v) is 6.63. The molecule has 0 bridgehead atoms. The average Bonchev–Trinajstić information content (AvgIpc) is 2.66. The van der Waals surface area contributed by atoms with Crippen LogP contribution in [0.3, 0.4) is 0 Å². The van der Waals surface area contributed by atoms with Crippen LogP contribution in [0.2, 0.25) is 0 Å². The van der Waals surface area contributed by atoms with Crippen molar-refractivity contribution in [3.63, 3.8) is 0 Å². The van der Waals surface area contributed by atoms with Crippen LogP contribution in [0, 0.1) is 6.92 Å². The van der Waals surface area contributed by atoms with Crippen molar-refractivity contribution in [2.24, 2.45) is 0 Å². The number of nitrogens with zero attached hydrogens (tertiary/aromatic N) is 2. The van der Waals surface area contributed by atoms with Crippen molar-refractivity contribution in [3.05, 3.63) is 11.8 Å². The molecule has 6 nitrogen and oxygen atoms in total. The summed E-state index contributed by atoms with van der Waals surface area (Å²) >= 11 is 0. The van der Waals surface area contributed by atoms with Crippen LogP contribution in [0.25, 0.3) is 0 Å². The van der Waals surface area contributed by atoms with Gasteiger partial charge >= 0.3 is 0 Å². The lowest BCUT2D eigenvalue weighted by atomic mass is 10.1. The molecule has 2 heterocycles. The van der Waals surface area contributed by atoms with Crippen LogP contribution < -0.4 is 15.4 Å². The molecule has 0 saturated carbocycles. The van der Waals surface area contributed by atoms with Gasteiger partial charge in [-0.2, -0.15) is 4.98 Å². The lowest BCUT2D eigenvalue weighted by Crippen LogP contribution is -2.40. The second-order valence-electron chi connectivity index (χ2n) is 4.72. The molecule has 1 aromatic heterocycles. The number of aromatic nitrogens is 2. The van der Waals surface area contributed by atoms with E-state index in [1.165, 1.54) is 6.42 Å². The number of rotatable bonds is 3. The van der Waals surface area contributed by atoms with E-state index in [0.717, 1.165) is 31.5 Å². The molecule has 1 aliphatic heterocycles. The van der Waals surface area contributed by atoms with E-state index >= 15 is 0 Å². The molecule has 1 aliphatic rings. The van der Waals surface area contributed by atoms with Crippen LogP contribution in [-0.4, -0.2) is 35.6 Å². The number of ether oxygens (including phenoxy) is 1. The Kier molecular flexibility index (Phi) is 4.68. The van der Waals surface area contributed by atoms with Crippen molar-refractivity contribution in [1.82, 2.24) is 15.3 Å². The molecule has 0 spiro atoms. The van der Waals surface area contributed by atoms with Crippen LogP contribution in [0.4, 0.5) is 5.95 Å². The fourth-order valence-corrected chi connectivity index (χ4v) is 2.15. The maximum Gasteiger partial charge on any atom is 0.243 e. The van der Waals surface area contributed by atoms with Gasteiger partial charge in [-0.1, -0.05) is 12.8 Å². The molecule has 1 atom stereocenters. The van der Waals surface area contributed by atoms with Crippen LogP contribution in [0.1, 0.15) is 31.4 Å². The van der Waals surface area contributed by atoms with Gasteiger partial charge in [0.05, 0.1) is 13.2 Å². The Bertz CT molecular complexity index is 442. The molecule has 1 amide bonds. The molecule has 1 aromatic rings. The highest BCUT2D eigenvalue weighted by Crippen LogP contribution is 2.13. The Morgan fingerprint density at radius 1 is 1.42 bits per heavy atom. The minimum Gasteiger partial charge on any atom is -0.481 e. The van der Waals surface area contributed by atoms with Gasteiger partial charge in [0, 0.05) is 11.8 Å². The number of carbonyl (C=O) groups is 1. The van der Waals surface area contributed by atoms with Gasteiger partial charge in [0.1, 0.15) is 0 Å². The lowest BCUT2D eigenvalue weighted by Gasteiger charge is -2.15. The molecule has 1 fully saturated rings. The van der Waals surface area contributed by atoms with E-state index in [0.29, 0.717) is 11.8 Å². The van der Waals surface area contributed by atoms with Gasteiger partial charge in [-0.15, -0.1) is 0 Å². The van der Waals surface area contributed by atoms with Crippen molar-refractivity contribution >= 4 is 11.9 Å². The van der Waals surface area contributed by atoms with E-state index in [1.807, 2.05) is 6.92 Å². The van der Waals surface area contributed by atoms with Crippen molar-refractivity contribution in [2.45, 2.75) is 38.6 Å². The number of hydrogen-bond donors (Lipinski definition) is 2. The molecular weight excluding hydrogens is 244 g/mol. The SMILES string of the molecule is COc1cc(C)nc(NC(=O)C2CCCCCN2)n1. The summed E-state index contributed by atoms with van der Waals surface area (Å²) in [6.45, 7) is 2.72. The Labute approximate surface area is 113 Å². The van der Waals surface area contributed by atoms with Gasteiger partial charge in [-0.25, -0.2) is 4.98 Å². The van der Waals surface area contributed by atoms with Crippen LogP contribution >= 0.6 is 0 Å². The number of nitrogens with one attached hydrogen (secondary N) is 2. The number of carbonyl (C=O) groups excluding carboxylic acids is 1. The van der Waals surface area contributed by atoms with Crippen molar-refractivity contribution < 1.29 is 9.53 Å². The number of aryl methyl sites for hydroxylation is 1. The fourth-order valence-electron chi connectivity index (χ4n) is 2.15. The third-order valence-corrected chi connectivity index (χ3v) is 3.15. The monoisotopic (exact) mass is 264 g/mol. The highest BCUT2D eigenvalue weighted by Gasteiger charge is 2.20. The van der Waals surface area contributed by atoms with Crippen LogP contribution in [0.15, 0.2) is 6.07 Å². The van der Waals surface area contributed by atoms with Crippen LogP contribution in [-0.2, 0) is 4.79 Å². The van der Waals surface area contributed by atoms with Gasteiger partial charge in [0.2, 0.25) is 17.7 Å². The smallest absolute Gasteiger partial charge is 0.243 e. The summed E-state index contributed by atoms with van der Waals surface area (Å²) in [6.07, 6.45) is 4.22. The van der Waals surface area contributed by atoms with E-state index in [-0.39, 0.29) is 11.9 Å². The normalized spacial score (nSPS) is 19.6. The van der Waals surface area contributed by atoms with E-state index in [4.69, 9.17) is 4.74 Å². The second kappa shape index (κ2) is 6.47. The zero-order chi connectivity index (χ0) is 13.7. The highest BCUT2D eigenvalue weighted by atomic mass is 16.5. The minimum absolute atomic E-state index is 0.0745. The van der Waals surface area contributed by atoms with E-state index in [1.54, 1.807) is 13.2 Å². The van der Waals surface area contributed by atoms with Gasteiger partial charge < -0.3 is 10.1 Å². The Morgan fingerprint density at radius 3 is 3.05 bits per heavy atom. The molecular formula is C13H20N4O2. The summed E-state index contributed by atoms with van der Waals surface area (Å²) in [4.78, 5) is 20.4. The van der Waals surface area contributed by atoms with Crippen molar-refractivity contribution in [2.75, 3.05) is 19.0 Å². The lowest BCUT2D eigenvalue weighted by molar-refractivity contribution is -0.118. The summed E-state index contributed by atoms with van der Waals surface area (Å²) in [5, 5.41) is 6.00. The van der Waals surface area contributed by atoms with Gasteiger partial charge in [0.15, 0.2) is 0 Å². The fraction of sp³-hybridized carbons (Fsp3) is 0.615. The Hall–Kier alpha value is -1.69. The number of amides is 1. The minimum atomic E-state index is -0.155. The number of hydrogen-bond acceptors (Lipinski definition) is 5. The van der Waals surface area contributed by atoms with E-state index < -0.39 is 0 Å². The van der Waals surface area contributed by atoms with Crippen molar-refractivity contribution in [1.29, 1.82) is 0 Å². The van der Waals surface area contributed by atoms with E-state index in [9.17, 15) is 4.79 Å². The van der Waals surface area contributed by atoms with Gasteiger partial charge in [-0.05, 0) is 26.3 Å². The highest BCUT2D eigenvalue weighted by molar-refractivity contribution is 5.93. The summed E-state index contributed by atoms with van der Waals surface area (Å²) in [5.74, 6) is 0.680. The molecule has 0 radical (unpaired) electrons. The number of anilines is 1. The van der Waals surface area contributed by atoms with Crippen molar-refractivity contribution in [3.8, 4) is 5.88 Å². The average molecular weight is 264 g/mol. The predicted octanol–water partition coefficient (Wildman–Crippen LogP) is 1.26. The Balaban J connectivity index is 2.03. The van der Waals surface area contributed by atoms with Gasteiger partial charge in [0.25, 0.3) is 0 Å². The molecule has 0 aliphatic carbocycles. The molecule has 19 heavy (non-hydrogen) atoms. The molecule has 1 unspecified atom stereocenters. The molecule has 104 valence electrons. The second-order valence-corrected chi connectivity index (χ2v) is 4.72. The van der Waals surface area contributed by atoms with E-state index in [2.05, 4.69) is 20.6 Å². The summed E-state index contributed by atoms with van der Waals surface area (Å²) in [5.41, 5.74) is 0.760. The maximum absolute atomic E-state index is 12.1. The standard InChI is InChI=1S/C13H20N4O2/c1-9-8-11(19-2)16-13(15-9)17-12(18)10-6-4-3-5-7-14-10/h8,10,14H,3-7H2,1-2H3,(H,15,16,17,18). The molecule has 6 heteroatoms.